The van der Waals surface area contributed by atoms with E-state index < -0.39 is 10.0 Å². The Labute approximate surface area is 200 Å². The predicted molar refractivity (Wildman–Crippen MR) is 133 cm³/mol. The Morgan fingerprint density at radius 2 is 1.65 bits per heavy atom. The normalized spacial score (nSPS) is 17.8. The van der Waals surface area contributed by atoms with Crippen molar-refractivity contribution in [3.05, 3.63) is 66.4 Å². The zero-order valence-corrected chi connectivity index (χ0v) is 20.0. The lowest BCUT2D eigenvalue weighted by Crippen LogP contribution is -2.49. The minimum atomic E-state index is -3.82. The molecule has 178 valence electrons. The van der Waals surface area contributed by atoms with Gasteiger partial charge in [0.1, 0.15) is 4.90 Å². The van der Waals surface area contributed by atoms with Gasteiger partial charge in [-0.3, -0.25) is 19.4 Å². The van der Waals surface area contributed by atoms with Gasteiger partial charge >= 0.3 is 0 Å². The summed E-state index contributed by atoms with van der Waals surface area (Å²) in [5, 5.41) is 0.759. The molecule has 2 heterocycles. The molecule has 1 saturated carbocycles. The zero-order chi connectivity index (χ0) is 23.5. The van der Waals surface area contributed by atoms with Crippen LogP contribution in [0.15, 0.2) is 65.7 Å². The third-order valence-electron chi connectivity index (χ3n) is 6.92. The molecule has 1 aliphatic heterocycles. The van der Waals surface area contributed by atoms with Crippen LogP contribution in [0.2, 0.25) is 0 Å². The summed E-state index contributed by atoms with van der Waals surface area (Å²) in [6.07, 6.45) is 6.97. The molecule has 2 aromatic carbocycles. The highest BCUT2D eigenvalue weighted by atomic mass is 32.2. The van der Waals surface area contributed by atoms with Crippen molar-refractivity contribution in [2.45, 2.75) is 30.6 Å². The zero-order valence-electron chi connectivity index (χ0n) is 19.2. The lowest BCUT2D eigenvalue weighted by Gasteiger charge is -2.36. The number of carbonyl (C=O) groups excluding carboxylic acids is 1. The molecule has 34 heavy (non-hydrogen) atoms. The number of carbonyl (C=O) groups is 1. The first kappa shape index (κ1) is 22.8. The predicted octanol–water partition coefficient (Wildman–Crippen LogP) is 3.98. The van der Waals surface area contributed by atoms with Crippen LogP contribution in [0.1, 0.15) is 36.0 Å². The first-order valence-electron chi connectivity index (χ1n) is 12.0. The first-order valence-corrected chi connectivity index (χ1v) is 13.5. The number of rotatable bonds is 6. The van der Waals surface area contributed by atoms with Crippen LogP contribution < -0.4 is 4.72 Å². The average Bonchev–Trinajstić information content (AvgIpc) is 3.37. The van der Waals surface area contributed by atoms with Gasteiger partial charge in [-0.25, -0.2) is 8.42 Å². The fourth-order valence-electron chi connectivity index (χ4n) is 5.06. The van der Waals surface area contributed by atoms with Crippen molar-refractivity contribution in [1.29, 1.82) is 0 Å². The fraction of sp³-hybridized carbons (Fsp3) is 0.385. The van der Waals surface area contributed by atoms with E-state index >= 15 is 0 Å². The molecule has 1 amide bonds. The van der Waals surface area contributed by atoms with Crippen molar-refractivity contribution in [2.75, 3.05) is 37.4 Å². The summed E-state index contributed by atoms with van der Waals surface area (Å²) in [4.78, 5) is 21.7. The van der Waals surface area contributed by atoms with Crippen molar-refractivity contribution in [2.24, 2.45) is 5.92 Å². The maximum Gasteiger partial charge on any atom is 0.264 e. The summed E-state index contributed by atoms with van der Waals surface area (Å²) in [5.41, 5.74) is 1.40. The molecule has 0 spiro atoms. The molecule has 2 fully saturated rings. The number of sulfonamides is 1. The third-order valence-corrected chi connectivity index (χ3v) is 8.33. The average molecular weight is 479 g/mol. The largest absolute Gasteiger partial charge is 0.336 e. The van der Waals surface area contributed by atoms with E-state index in [4.69, 9.17) is 0 Å². The second-order valence-corrected chi connectivity index (χ2v) is 10.9. The smallest absolute Gasteiger partial charge is 0.264 e. The van der Waals surface area contributed by atoms with Crippen LogP contribution in [0.3, 0.4) is 0 Å². The van der Waals surface area contributed by atoms with Crippen molar-refractivity contribution in [3.63, 3.8) is 0 Å². The summed E-state index contributed by atoms with van der Waals surface area (Å²) >= 11 is 0. The molecular weight excluding hydrogens is 448 g/mol. The van der Waals surface area contributed by atoms with E-state index in [2.05, 4.69) is 14.6 Å². The molecule has 1 aliphatic carbocycles. The van der Waals surface area contributed by atoms with Gasteiger partial charge in [-0.1, -0.05) is 31.0 Å². The molecule has 0 bridgehead atoms. The topological polar surface area (TPSA) is 82.6 Å². The number of piperazine rings is 1. The Balaban J connectivity index is 1.22. The summed E-state index contributed by atoms with van der Waals surface area (Å²) < 4.78 is 28.6. The van der Waals surface area contributed by atoms with Crippen LogP contribution in [-0.2, 0) is 10.0 Å². The van der Waals surface area contributed by atoms with Gasteiger partial charge in [0.2, 0.25) is 0 Å². The van der Waals surface area contributed by atoms with Gasteiger partial charge in [-0.05, 0) is 55.2 Å². The molecule has 8 heteroatoms. The number of amides is 1. The van der Waals surface area contributed by atoms with Crippen LogP contribution in [-0.4, -0.2) is 61.8 Å². The van der Waals surface area contributed by atoms with E-state index in [1.54, 1.807) is 48.7 Å². The number of nitrogens with zero attached hydrogens (tertiary/aromatic N) is 3. The van der Waals surface area contributed by atoms with Crippen molar-refractivity contribution >= 4 is 32.5 Å². The molecule has 1 N–H and O–H groups in total. The van der Waals surface area contributed by atoms with E-state index in [0.717, 1.165) is 44.0 Å². The highest BCUT2D eigenvalue weighted by Crippen LogP contribution is 2.26. The summed E-state index contributed by atoms with van der Waals surface area (Å²) in [6, 6.07) is 15.3. The number of fused-ring (bicyclic) bond motifs is 1. The van der Waals surface area contributed by atoms with Crippen molar-refractivity contribution in [1.82, 2.24) is 14.8 Å². The Bertz CT molecular complexity index is 1260. The van der Waals surface area contributed by atoms with Crippen molar-refractivity contribution < 1.29 is 13.2 Å². The van der Waals surface area contributed by atoms with Gasteiger partial charge in [-0.2, -0.15) is 0 Å². The Morgan fingerprint density at radius 1 is 0.941 bits per heavy atom. The van der Waals surface area contributed by atoms with Crippen molar-refractivity contribution in [3.8, 4) is 0 Å². The number of aromatic nitrogens is 1. The molecule has 0 atom stereocenters. The maximum atomic E-state index is 13.0. The van der Waals surface area contributed by atoms with Crippen LogP contribution in [0.25, 0.3) is 10.9 Å². The van der Waals surface area contributed by atoms with E-state index in [1.807, 2.05) is 17.0 Å². The fourth-order valence-corrected chi connectivity index (χ4v) is 6.30. The monoisotopic (exact) mass is 478 g/mol. The molecule has 0 unspecified atom stereocenters. The lowest BCUT2D eigenvalue weighted by atomic mass is 10.1. The van der Waals surface area contributed by atoms with E-state index in [9.17, 15) is 13.2 Å². The molecule has 0 radical (unpaired) electrons. The van der Waals surface area contributed by atoms with Gasteiger partial charge in [0.25, 0.3) is 15.9 Å². The molecule has 5 rings (SSSR count). The van der Waals surface area contributed by atoms with Crippen LogP contribution >= 0.6 is 0 Å². The number of para-hydroxylation sites is 1. The van der Waals surface area contributed by atoms with E-state index in [1.165, 1.54) is 25.7 Å². The molecule has 2 aliphatic rings. The van der Waals surface area contributed by atoms with Gasteiger partial charge in [-0.15, -0.1) is 0 Å². The van der Waals surface area contributed by atoms with Gasteiger partial charge in [0.15, 0.2) is 0 Å². The molecule has 7 nitrogen and oxygen atoms in total. The number of pyridine rings is 1. The molecule has 1 aromatic heterocycles. The number of hydrogen-bond donors (Lipinski definition) is 1. The standard InChI is InChI=1S/C26H30N4O3S/c31-26(30-17-15-29(16-18-30)19-20-5-1-2-6-20)22-10-12-23(13-11-22)28-34(32,33)24-9-3-7-21-8-4-14-27-25(21)24/h3-4,7-14,20,28H,1-2,5-6,15-19H2. The Kier molecular flexibility index (Phi) is 6.52. The molecular formula is C26H30N4O3S. The Morgan fingerprint density at radius 3 is 2.38 bits per heavy atom. The first-order chi connectivity index (χ1) is 16.5. The quantitative estimate of drug-likeness (QED) is 0.579. The number of hydrogen-bond acceptors (Lipinski definition) is 5. The van der Waals surface area contributed by atoms with Crippen LogP contribution in [0.5, 0.6) is 0 Å². The van der Waals surface area contributed by atoms with E-state index in [-0.39, 0.29) is 10.8 Å². The van der Waals surface area contributed by atoms with E-state index in [0.29, 0.717) is 16.8 Å². The summed E-state index contributed by atoms with van der Waals surface area (Å²) in [6.45, 7) is 4.45. The summed E-state index contributed by atoms with van der Waals surface area (Å²) in [7, 11) is -3.82. The minimum absolute atomic E-state index is 0.00632. The number of anilines is 1. The Hall–Kier alpha value is -2.97. The van der Waals surface area contributed by atoms with Gasteiger partial charge in [0, 0.05) is 55.6 Å². The highest BCUT2D eigenvalue weighted by molar-refractivity contribution is 7.93. The third kappa shape index (κ3) is 4.93. The SMILES string of the molecule is O=C(c1ccc(NS(=O)(=O)c2cccc3cccnc23)cc1)N1CCN(CC2CCCC2)CC1. The van der Waals surface area contributed by atoms with Crippen LogP contribution in [0.4, 0.5) is 5.69 Å². The minimum Gasteiger partial charge on any atom is -0.336 e. The second kappa shape index (κ2) is 9.72. The summed E-state index contributed by atoms with van der Waals surface area (Å²) in [5.74, 6) is 0.816. The number of nitrogens with one attached hydrogen (secondary N) is 1. The molecule has 1 saturated heterocycles. The maximum absolute atomic E-state index is 13.0. The highest BCUT2D eigenvalue weighted by Gasteiger charge is 2.25. The van der Waals surface area contributed by atoms with Gasteiger partial charge in [0.05, 0.1) is 5.52 Å². The van der Waals surface area contributed by atoms with Crippen LogP contribution in [0, 0.1) is 5.92 Å². The lowest BCUT2D eigenvalue weighted by molar-refractivity contribution is 0.0618. The molecule has 3 aromatic rings. The number of benzene rings is 2. The second-order valence-electron chi connectivity index (χ2n) is 9.26. The van der Waals surface area contributed by atoms with Gasteiger partial charge < -0.3 is 4.90 Å².